The molecule has 0 spiro atoms. The number of carbonyl (C=O) groups is 2. The number of rotatable bonds is 0. The van der Waals surface area contributed by atoms with E-state index in [1.165, 1.54) is 38.8 Å². The quantitative estimate of drug-likeness (QED) is 0.560. The zero-order valence-electron chi connectivity index (χ0n) is 10.8. The van der Waals surface area contributed by atoms with Gasteiger partial charge >= 0.3 is 0 Å². The SMILES string of the molecule is CC(C)=C(C)C.CC(C)=O.CC(C)=O. The monoisotopic (exact) mass is 200 g/mol. The zero-order valence-corrected chi connectivity index (χ0v) is 10.8. The molecule has 0 amide bonds. The van der Waals surface area contributed by atoms with E-state index < -0.39 is 0 Å². The number of hydrogen-bond acceptors (Lipinski definition) is 2. The third-order valence-electron chi connectivity index (χ3n) is 1.00. The van der Waals surface area contributed by atoms with Gasteiger partial charge in [0, 0.05) is 0 Å². The lowest BCUT2D eigenvalue weighted by Gasteiger charge is -1.88. The molecule has 0 fully saturated rings. The molecule has 0 heterocycles. The van der Waals surface area contributed by atoms with Crippen LogP contribution in [-0.2, 0) is 9.59 Å². The molecule has 2 nitrogen and oxygen atoms in total. The Hall–Kier alpha value is -0.920. The van der Waals surface area contributed by atoms with Crippen LogP contribution in [0.15, 0.2) is 11.1 Å². The molecule has 0 rings (SSSR count). The summed E-state index contributed by atoms with van der Waals surface area (Å²) in [6, 6.07) is 0. The number of allylic oxidation sites excluding steroid dienone is 2. The van der Waals surface area contributed by atoms with Crippen molar-refractivity contribution in [3.8, 4) is 0 Å². The van der Waals surface area contributed by atoms with E-state index in [4.69, 9.17) is 0 Å². The average Bonchev–Trinajstić information content (AvgIpc) is 1.83. The standard InChI is InChI=1S/C6H12.2C3H6O/c1-5(2)6(3)4;2*1-3(2)4/h1-4H3;2*1-2H3. The predicted octanol–water partition coefficient (Wildman–Crippen LogP) is 3.55. The van der Waals surface area contributed by atoms with E-state index in [-0.39, 0.29) is 11.6 Å². The van der Waals surface area contributed by atoms with E-state index in [0.717, 1.165) is 0 Å². The van der Waals surface area contributed by atoms with Crippen molar-refractivity contribution < 1.29 is 9.59 Å². The largest absolute Gasteiger partial charge is 0.300 e. The molecule has 0 saturated carbocycles. The van der Waals surface area contributed by atoms with E-state index in [1.54, 1.807) is 0 Å². The van der Waals surface area contributed by atoms with Crippen molar-refractivity contribution in [3.63, 3.8) is 0 Å². The van der Waals surface area contributed by atoms with Gasteiger partial charge in [0.05, 0.1) is 0 Å². The molecule has 0 N–H and O–H groups in total. The minimum Gasteiger partial charge on any atom is -0.300 e. The minimum absolute atomic E-state index is 0.167. The van der Waals surface area contributed by atoms with Crippen LogP contribution in [0.4, 0.5) is 0 Å². The number of ketones is 2. The second-order valence-corrected chi connectivity index (χ2v) is 3.82. The second-order valence-electron chi connectivity index (χ2n) is 3.82. The Kier molecular flexibility index (Phi) is 16.2. The summed E-state index contributed by atoms with van der Waals surface area (Å²) in [6.45, 7) is 14.6. The zero-order chi connectivity index (χ0) is 12.3. The van der Waals surface area contributed by atoms with Crippen LogP contribution in [0, 0.1) is 0 Å². The Morgan fingerprint density at radius 3 is 0.571 bits per heavy atom. The fourth-order valence-electron chi connectivity index (χ4n) is 0. The molecule has 0 unspecified atom stereocenters. The Bertz CT molecular complexity index is 162. The highest BCUT2D eigenvalue weighted by Gasteiger charge is 1.75. The normalized spacial score (nSPS) is 7.14. The van der Waals surface area contributed by atoms with Crippen molar-refractivity contribution in [1.82, 2.24) is 0 Å². The van der Waals surface area contributed by atoms with Crippen molar-refractivity contribution in [2.45, 2.75) is 55.4 Å². The molecule has 0 aromatic heterocycles. The third kappa shape index (κ3) is 119. The molecule has 0 aliphatic carbocycles. The lowest BCUT2D eigenvalue weighted by molar-refractivity contribution is -0.115. The summed E-state index contributed by atoms with van der Waals surface area (Å²) in [6.07, 6.45) is 0. The van der Waals surface area contributed by atoms with Gasteiger partial charge in [0.25, 0.3) is 0 Å². The average molecular weight is 200 g/mol. The Labute approximate surface area is 88.4 Å². The Morgan fingerprint density at radius 1 is 0.500 bits per heavy atom. The van der Waals surface area contributed by atoms with Gasteiger partial charge in [-0.05, 0) is 55.4 Å². The summed E-state index contributed by atoms with van der Waals surface area (Å²) in [5, 5.41) is 0. The van der Waals surface area contributed by atoms with Crippen LogP contribution in [0.2, 0.25) is 0 Å². The molecule has 2 heteroatoms. The molecule has 0 aliphatic heterocycles. The van der Waals surface area contributed by atoms with E-state index in [1.807, 2.05) is 0 Å². The first-order chi connectivity index (χ1) is 6.11. The van der Waals surface area contributed by atoms with Gasteiger partial charge in [-0.3, -0.25) is 0 Å². The molecule has 0 saturated heterocycles. The maximum Gasteiger partial charge on any atom is 0.126 e. The lowest BCUT2D eigenvalue weighted by atomic mass is 10.2. The van der Waals surface area contributed by atoms with Gasteiger partial charge in [-0.1, -0.05) is 11.1 Å². The van der Waals surface area contributed by atoms with Crippen molar-refractivity contribution in [1.29, 1.82) is 0 Å². The van der Waals surface area contributed by atoms with E-state index in [0.29, 0.717) is 0 Å². The topological polar surface area (TPSA) is 34.1 Å². The molecule has 0 radical (unpaired) electrons. The van der Waals surface area contributed by atoms with E-state index >= 15 is 0 Å². The third-order valence-corrected chi connectivity index (χ3v) is 1.00. The fourth-order valence-corrected chi connectivity index (χ4v) is 0. The van der Waals surface area contributed by atoms with Crippen LogP contribution in [0.1, 0.15) is 55.4 Å². The van der Waals surface area contributed by atoms with Gasteiger partial charge in [-0.15, -0.1) is 0 Å². The van der Waals surface area contributed by atoms with E-state index in [9.17, 15) is 9.59 Å². The molecule has 0 aromatic carbocycles. The fraction of sp³-hybridized carbons (Fsp3) is 0.667. The number of carbonyl (C=O) groups excluding carboxylic acids is 2. The van der Waals surface area contributed by atoms with Gasteiger partial charge < -0.3 is 9.59 Å². The highest BCUT2D eigenvalue weighted by molar-refractivity contribution is 5.72. The predicted molar refractivity (Wildman–Crippen MR) is 62.4 cm³/mol. The second kappa shape index (κ2) is 12.1. The molecule has 84 valence electrons. The molecule has 0 bridgehead atoms. The Morgan fingerprint density at radius 2 is 0.571 bits per heavy atom. The summed E-state index contributed by atoms with van der Waals surface area (Å²) in [7, 11) is 0. The molecule has 0 atom stereocenters. The summed E-state index contributed by atoms with van der Waals surface area (Å²) in [5.74, 6) is 0.333. The lowest BCUT2D eigenvalue weighted by Crippen LogP contribution is -1.69. The highest BCUT2D eigenvalue weighted by Crippen LogP contribution is 1.96. The van der Waals surface area contributed by atoms with E-state index in [2.05, 4.69) is 27.7 Å². The van der Waals surface area contributed by atoms with Crippen LogP contribution in [-0.4, -0.2) is 11.6 Å². The Balaban J connectivity index is -0.000000135. The van der Waals surface area contributed by atoms with Gasteiger partial charge in [0.15, 0.2) is 0 Å². The summed E-state index contributed by atoms with van der Waals surface area (Å²) in [4.78, 5) is 18.9. The van der Waals surface area contributed by atoms with Crippen LogP contribution in [0.5, 0.6) is 0 Å². The van der Waals surface area contributed by atoms with Crippen LogP contribution >= 0.6 is 0 Å². The van der Waals surface area contributed by atoms with Crippen molar-refractivity contribution in [2.75, 3.05) is 0 Å². The smallest absolute Gasteiger partial charge is 0.126 e. The molecule has 14 heavy (non-hydrogen) atoms. The van der Waals surface area contributed by atoms with Crippen LogP contribution in [0.25, 0.3) is 0 Å². The maximum atomic E-state index is 9.44. The van der Waals surface area contributed by atoms with Crippen LogP contribution in [0.3, 0.4) is 0 Å². The van der Waals surface area contributed by atoms with Crippen molar-refractivity contribution in [2.24, 2.45) is 0 Å². The van der Waals surface area contributed by atoms with Gasteiger partial charge in [0.2, 0.25) is 0 Å². The molecule has 0 aliphatic rings. The summed E-state index contributed by atoms with van der Waals surface area (Å²) in [5.41, 5.74) is 2.85. The highest BCUT2D eigenvalue weighted by atomic mass is 16.1. The first kappa shape index (κ1) is 18.8. The maximum absolute atomic E-state index is 9.44. The molecular formula is C12H24O2. The van der Waals surface area contributed by atoms with Gasteiger partial charge in [-0.25, -0.2) is 0 Å². The first-order valence-corrected chi connectivity index (χ1v) is 4.66. The van der Waals surface area contributed by atoms with Crippen LogP contribution < -0.4 is 0 Å². The molecular weight excluding hydrogens is 176 g/mol. The van der Waals surface area contributed by atoms with Crippen molar-refractivity contribution in [3.05, 3.63) is 11.1 Å². The summed E-state index contributed by atoms with van der Waals surface area (Å²) >= 11 is 0. The molecule has 0 aromatic rings. The first-order valence-electron chi connectivity index (χ1n) is 4.66. The van der Waals surface area contributed by atoms with Crippen molar-refractivity contribution >= 4 is 11.6 Å². The van der Waals surface area contributed by atoms with Gasteiger partial charge in [0.1, 0.15) is 11.6 Å². The number of hydrogen-bond donors (Lipinski definition) is 0. The van der Waals surface area contributed by atoms with Gasteiger partial charge in [-0.2, -0.15) is 0 Å². The minimum atomic E-state index is 0.167. The summed E-state index contributed by atoms with van der Waals surface area (Å²) < 4.78 is 0. The number of Topliss-reactive ketones (excluding diaryl/α,β-unsaturated/α-hetero) is 2.